The van der Waals surface area contributed by atoms with Crippen molar-refractivity contribution in [3.63, 3.8) is 0 Å². The molecule has 4 aromatic carbocycles. The summed E-state index contributed by atoms with van der Waals surface area (Å²) in [5, 5.41) is 10.1. The molecule has 1 aromatic heterocycles. The first-order valence-corrected chi connectivity index (χ1v) is 13.2. The minimum Gasteiger partial charge on any atom is -0.497 e. The largest absolute Gasteiger partial charge is 0.497 e. The molecule has 5 aromatic rings. The average Bonchev–Trinajstić information content (AvgIpc) is 3.40. The molecule has 0 radical (unpaired) electrons. The van der Waals surface area contributed by atoms with E-state index in [1.165, 1.54) is 24.3 Å². The minimum absolute atomic E-state index is 0.0387. The third-order valence-electron chi connectivity index (χ3n) is 7.13. The van der Waals surface area contributed by atoms with Gasteiger partial charge in [-0.1, -0.05) is 61.9 Å². The molecule has 1 heterocycles. The summed E-state index contributed by atoms with van der Waals surface area (Å²) in [7, 11) is 1.57. The molecule has 0 fully saturated rings. The highest BCUT2D eigenvalue weighted by atomic mass is 19.1. The van der Waals surface area contributed by atoms with Gasteiger partial charge in [-0.25, -0.2) is 14.2 Å². The number of aromatic carboxylic acids is 1. The highest BCUT2D eigenvalue weighted by Gasteiger charge is 2.22. The smallest absolute Gasteiger partial charge is 0.336 e. The summed E-state index contributed by atoms with van der Waals surface area (Å²) >= 11 is 0. The van der Waals surface area contributed by atoms with Crippen molar-refractivity contribution in [3.8, 4) is 28.3 Å². The van der Waals surface area contributed by atoms with Crippen LogP contribution in [-0.4, -0.2) is 33.9 Å². The van der Waals surface area contributed by atoms with E-state index < -0.39 is 11.8 Å². The molecular formula is C33H29FN2O4. The first kappa shape index (κ1) is 26.8. The number of methoxy groups -OCH3 is 1. The van der Waals surface area contributed by atoms with Crippen LogP contribution in [0, 0.1) is 5.82 Å². The Hall–Kier alpha value is -4.78. The third-order valence-corrected chi connectivity index (χ3v) is 7.13. The summed E-state index contributed by atoms with van der Waals surface area (Å²) in [5.74, 6) is -0.710. The fourth-order valence-corrected chi connectivity index (χ4v) is 5.12. The lowest BCUT2D eigenvalue weighted by atomic mass is 9.87. The predicted octanol–water partition coefficient (Wildman–Crippen LogP) is 7.90. The quantitative estimate of drug-likeness (QED) is 0.177. The highest BCUT2D eigenvalue weighted by Crippen LogP contribution is 2.36. The van der Waals surface area contributed by atoms with Crippen LogP contribution in [0.4, 0.5) is 4.39 Å². The van der Waals surface area contributed by atoms with E-state index in [0.717, 1.165) is 18.4 Å². The number of fused-ring (bicyclic) bond motifs is 1. The summed E-state index contributed by atoms with van der Waals surface area (Å²) in [6.45, 7) is 2.08. The van der Waals surface area contributed by atoms with Gasteiger partial charge in [0, 0.05) is 23.6 Å². The second-order valence-electron chi connectivity index (χ2n) is 9.75. The van der Waals surface area contributed by atoms with E-state index in [4.69, 9.17) is 4.74 Å². The molecule has 0 spiro atoms. The van der Waals surface area contributed by atoms with Gasteiger partial charge >= 0.3 is 5.97 Å². The van der Waals surface area contributed by atoms with Gasteiger partial charge in [-0.2, -0.15) is 0 Å². The molecule has 0 bridgehead atoms. The van der Waals surface area contributed by atoms with Crippen LogP contribution in [-0.2, 0) is 0 Å². The Morgan fingerprint density at radius 2 is 1.73 bits per heavy atom. The third kappa shape index (κ3) is 5.50. The number of benzene rings is 4. The van der Waals surface area contributed by atoms with Crippen LogP contribution in [0.2, 0.25) is 0 Å². The Kier molecular flexibility index (Phi) is 7.73. The maximum absolute atomic E-state index is 14.5. The Bertz CT molecular complexity index is 1690. The summed E-state index contributed by atoms with van der Waals surface area (Å²) < 4.78 is 19.7. The molecule has 0 unspecified atom stereocenters. The number of aromatic amines is 1. The Morgan fingerprint density at radius 3 is 2.45 bits per heavy atom. The van der Waals surface area contributed by atoms with E-state index >= 15 is 0 Å². The zero-order chi connectivity index (χ0) is 28.2. The van der Waals surface area contributed by atoms with Crippen molar-refractivity contribution < 1.29 is 23.8 Å². The molecule has 5 rings (SSSR count). The van der Waals surface area contributed by atoms with Crippen LogP contribution in [0.15, 0.2) is 84.9 Å². The number of aromatic nitrogens is 2. The molecule has 0 saturated carbocycles. The Morgan fingerprint density at radius 1 is 0.950 bits per heavy atom. The van der Waals surface area contributed by atoms with Crippen LogP contribution in [0.5, 0.6) is 5.75 Å². The van der Waals surface area contributed by atoms with Gasteiger partial charge in [0.25, 0.3) is 0 Å². The summed E-state index contributed by atoms with van der Waals surface area (Å²) in [6, 6.07) is 24.1. The van der Waals surface area contributed by atoms with Gasteiger partial charge in [-0.3, -0.25) is 4.79 Å². The maximum atomic E-state index is 14.5. The molecule has 0 saturated heterocycles. The normalized spacial score (nSPS) is 11.9. The number of rotatable bonds is 10. The second-order valence-corrected chi connectivity index (χ2v) is 9.75. The molecule has 0 aliphatic carbocycles. The summed E-state index contributed by atoms with van der Waals surface area (Å²) in [5.41, 5.74) is 3.99. The van der Waals surface area contributed by atoms with Gasteiger partial charge < -0.3 is 14.8 Å². The highest BCUT2D eigenvalue weighted by molar-refractivity contribution is 6.04. The van der Waals surface area contributed by atoms with E-state index in [1.54, 1.807) is 37.4 Å². The molecule has 6 nitrogen and oxygen atoms in total. The second kappa shape index (κ2) is 11.5. The van der Waals surface area contributed by atoms with Crippen molar-refractivity contribution in [1.29, 1.82) is 0 Å². The van der Waals surface area contributed by atoms with Crippen LogP contribution >= 0.6 is 0 Å². The number of hydrogen-bond donors (Lipinski definition) is 2. The average molecular weight is 537 g/mol. The molecule has 0 aliphatic heterocycles. The van der Waals surface area contributed by atoms with E-state index in [1.807, 2.05) is 30.3 Å². The summed E-state index contributed by atoms with van der Waals surface area (Å²) in [4.78, 5) is 33.6. The van der Waals surface area contributed by atoms with E-state index in [2.05, 4.69) is 16.9 Å². The number of nitrogens with zero attached hydrogens (tertiary/aromatic N) is 1. The molecular weight excluding hydrogens is 507 g/mol. The van der Waals surface area contributed by atoms with Crippen molar-refractivity contribution in [3.05, 3.63) is 107 Å². The number of H-pyrrole nitrogens is 1. The van der Waals surface area contributed by atoms with Crippen molar-refractivity contribution in [2.45, 2.75) is 32.1 Å². The number of halogens is 1. The number of carboxylic acids is 1. The van der Waals surface area contributed by atoms with Crippen molar-refractivity contribution in [2.75, 3.05) is 7.11 Å². The number of ketones is 1. The fraction of sp³-hybridized carbons (Fsp3) is 0.182. The summed E-state index contributed by atoms with van der Waals surface area (Å²) in [6.07, 6.45) is 2.05. The van der Waals surface area contributed by atoms with Gasteiger partial charge in [-0.05, 0) is 59.4 Å². The van der Waals surface area contributed by atoms with Gasteiger partial charge in [0.15, 0.2) is 5.78 Å². The van der Waals surface area contributed by atoms with Gasteiger partial charge in [-0.15, -0.1) is 0 Å². The lowest BCUT2D eigenvalue weighted by Gasteiger charge is -2.17. The molecule has 1 atom stereocenters. The Balaban J connectivity index is 1.54. The number of carboxylic acid groups (broad SMARTS) is 1. The lowest BCUT2D eigenvalue weighted by Crippen LogP contribution is -2.10. The molecule has 0 aliphatic rings. The first-order chi connectivity index (χ1) is 19.4. The van der Waals surface area contributed by atoms with Crippen LogP contribution in [0.25, 0.3) is 33.5 Å². The van der Waals surface area contributed by atoms with Gasteiger partial charge in [0.1, 0.15) is 17.4 Å². The van der Waals surface area contributed by atoms with Crippen LogP contribution in [0.3, 0.4) is 0 Å². The number of imidazole rings is 1. The van der Waals surface area contributed by atoms with E-state index in [0.29, 0.717) is 44.9 Å². The molecule has 7 heteroatoms. The fourth-order valence-electron chi connectivity index (χ4n) is 5.12. The molecule has 40 heavy (non-hydrogen) atoms. The molecule has 202 valence electrons. The standard InChI is InChI=1S/C33H29FN2O4/c1-3-7-21(20-8-5-4-6-9-20)17-31(37)22-10-13-26(28(16-22)33(38)39)25-14-11-23(34)18-27(25)32-35-29-15-12-24(40-2)19-30(29)36-32/h4-6,8-16,18-19,21H,3,7,17H2,1-2H3,(H,35,36)(H,38,39)/t21-/m0/s1. The van der Waals surface area contributed by atoms with E-state index in [9.17, 15) is 19.1 Å². The van der Waals surface area contributed by atoms with Crippen molar-refractivity contribution >= 4 is 22.8 Å². The van der Waals surface area contributed by atoms with E-state index in [-0.39, 0.29) is 23.7 Å². The topological polar surface area (TPSA) is 92.3 Å². The van der Waals surface area contributed by atoms with Crippen molar-refractivity contribution in [1.82, 2.24) is 9.97 Å². The molecule has 2 N–H and O–H groups in total. The number of carbonyl (C=O) groups is 2. The Labute approximate surface area is 231 Å². The number of nitrogens with one attached hydrogen (secondary N) is 1. The number of ether oxygens (including phenoxy) is 1. The number of Topliss-reactive ketones (excluding diaryl/α,β-unsaturated/α-hetero) is 1. The van der Waals surface area contributed by atoms with Crippen LogP contribution < -0.4 is 4.74 Å². The number of carbonyl (C=O) groups excluding carboxylic acids is 1. The number of hydrogen-bond acceptors (Lipinski definition) is 4. The zero-order valence-corrected chi connectivity index (χ0v) is 22.3. The molecule has 0 amide bonds. The predicted molar refractivity (Wildman–Crippen MR) is 153 cm³/mol. The van der Waals surface area contributed by atoms with Crippen LogP contribution in [0.1, 0.15) is 58.4 Å². The zero-order valence-electron chi connectivity index (χ0n) is 22.3. The van der Waals surface area contributed by atoms with Gasteiger partial charge in [0.05, 0.1) is 23.7 Å². The lowest BCUT2D eigenvalue weighted by molar-refractivity contribution is 0.0697. The van der Waals surface area contributed by atoms with Gasteiger partial charge in [0.2, 0.25) is 0 Å². The first-order valence-electron chi connectivity index (χ1n) is 13.2. The maximum Gasteiger partial charge on any atom is 0.336 e. The monoisotopic (exact) mass is 536 g/mol. The van der Waals surface area contributed by atoms with Crippen molar-refractivity contribution in [2.24, 2.45) is 0 Å². The SMILES string of the molecule is CCC[C@@H](CC(=O)c1ccc(-c2ccc(F)cc2-c2nc3ccc(OC)cc3[nH]2)c(C(=O)O)c1)c1ccccc1. The minimum atomic E-state index is -1.18.